The van der Waals surface area contributed by atoms with E-state index in [2.05, 4.69) is 20.4 Å². The molecule has 0 aromatic carbocycles. The maximum atomic E-state index is 5.07. The lowest BCUT2D eigenvalue weighted by molar-refractivity contribution is 0.156. The van der Waals surface area contributed by atoms with Gasteiger partial charge < -0.3 is 9.84 Å². The van der Waals surface area contributed by atoms with Crippen LogP contribution in [0.15, 0.2) is 4.52 Å². The molecule has 1 aromatic rings. The van der Waals surface area contributed by atoms with Gasteiger partial charge in [-0.05, 0) is 32.4 Å². The zero-order valence-electron chi connectivity index (χ0n) is 11.8. The Morgan fingerprint density at radius 3 is 2.84 bits per heavy atom. The molecule has 1 saturated carbocycles. The van der Waals surface area contributed by atoms with Gasteiger partial charge in [0.25, 0.3) is 0 Å². The van der Waals surface area contributed by atoms with Crippen LogP contribution in [0.4, 0.5) is 0 Å². The summed E-state index contributed by atoms with van der Waals surface area (Å²) >= 11 is 0. The number of nitrogens with zero attached hydrogens (tertiary/aromatic N) is 3. The second-order valence-electron chi connectivity index (χ2n) is 6.06. The van der Waals surface area contributed by atoms with E-state index in [9.17, 15) is 0 Å². The van der Waals surface area contributed by atoms with Gasteiger partial charge in [-0.25, -0.2) is 0 Å². The first-order valence-corrected chi connectivity index (χ1v) is 7.52. The highest BCUT2D eigenvalue weighted by Crippen LogP contribution is 2.30. The first-order valence-electron chi connectivity index (χ1n) is 7.52. The highest BCUT2D eigenvalue weighted by molar-refractivity contribution is 4.96. The van der Waals surface area contributed by atoms with E-state index in [4.69, 9.17) is 4.52 Å². The van der Waals surface area contributed by atoms with Crippen LogP contribution >= 0.6 is 0 Å². The van der Waals surface area contributed by atoms with Gasteiger partial charge in [0, 0.05) is 19.0 Å². The van der Waals surface area contributed by atoms with Crippen LogP contribution in [-0.2, 0) is 6.54 Å². The molecular weight excluding hydrogens is 240 g/mol. The number of aryl methyl sites for hydroxylation is 1. The van der Waals surface area contributed by atoms with E-state index in [0.717, 1.165) is 32.0 Å². The summed E-state index contributed by atoms with van der Waals surface area (Å²) in [5, 5.41) is 7.84. The Labute approximate surface area is 114 Å². The third kappa shape index (κ3) is 3.15. The van der Waals surface area contributed by atoms with Crippen molar-refractivity contribution in [2.75, 3.05) is 19.6 Å². The summed E-state index contributed by atoms with van der Waals surface area (Å²) in [6.07, 6.45) is 7.96. The van der Waals surface area contributed by atoms with Gasteiger partial charge in [-0.3, -0.25) is 4.90 Å². The molecule has 1 spiro atoms. The number of hydrogen-bond acceptors (Lipinski definition) is 5. The summed E-state index contributed by atoms with van der Waals surface area (Å²) < 4.78 is 5.07. The van der Waals surface area contributed by atoms with Gasteiger partial charge in [-0.1, -0.05) is 24.4 Å². The zero-order valence-corrected chi connectivity index (χ0v) is 11.8. The predicted octanol–water partition coefficient (Wildman–Crippen LogP) is 1.88. The Balaban J connectivity index is 1.67. The lowest BCUT2D eigenvalue weighted by atomic mass is 9.81. The Kier molecular flexibility index (Phi) is 3.84. The van der Waals surface area contributed by atoms with Crippen molar-refractivity contribution in [2.45, 2.75) is 57.5 Å². The molecular formula is C14H24N4O. The fourth-order valence-electron chi connectivity index (χ4n) is 3.52. The van der Waals surface area contributed by atoms with Crippen molar-refractivity contribution < 1.29 is 4.52 Å². The van der Waals surface area contributed by atoms with Crippen molar-refractivity contribution in [2.24, 2.45) is 0 Å². The summed E-state index contributed by atoms with van der Waals surface area (Å²) in [7, 11) is 0. The molecule has 0 amide bonds. The average Bonchev–Trinajstić information content (AvgIpc) is 2.71. The van der Waals surface area contributed by atoms with Crippen LogP contribution in [0, 0.1) is 6.92 Å². The van der Waals surface area contributed by atoms with Crippen LogP contribution < -0.4 is 5.32 Å². The molecule has 3 rings (SSSR count). The van der Waals surface area contributed by atoms with Crippen LogP contribution in [-0.4, -0.2) is 40.2 Å². The quantitative estimate of drug-likeness (QED) is 0.884. The number of aromatic nitrogens is 2. The van der Waals surface area contributed by atoms with Crippen molar-refractivity contribution in [3.05, 3.63) is 11.7 Å². The number of hydrogen-bond donors (Lipinski definition) is 1. The Morgan fingerprint density at radius 2 is 2.11 bits per heavy atom. The predicted molar refractivity (Wildman–Crippen MR) is 72.7 cm³/mol. The van der Waals surface area contributed by atoms with Crippen LogP contribution in [0.25, 0.3) is 0 Å². The number of nitrogens with one attached hydrogen (secondary N) is 1. The molecule has 5 nitrogen and oxygen atoms in total. The molecule has 2 heterocycles. The lowest BCUT2D eigenvalue weighted by Crippen LogP contribution is -2.52. The molecule has 19 heavy (non-hydrogen) atoms. The Hall–Kier alpha value is -0.940. The summed E-state index contributed by atoms with van der Waals surface area (Å²) in [4.78, 5) is 6.82. The first kappa shape index (κ1) is 13.1. The van der Waals surface area contributed by atoms with Crippen molar-refractivity contribution in [1.29, 1.82) is 0 Å². The van der Waals surface area contributed by atoms with E-state index in [1.165, 1.54) is 38.5 Å². The fourth-order valence-corrected chi connectivity index (χ4v) is 3.52. The molecule has 0 unspecified atom stereocenters. The van der Waals surface area contributed by atoms with Crippen LogP contribution in [0.5, 0.6) is 0 Å². The van der Waals surface area contributed by atoms with Gasteiger partial charge in [-0.2, -0.15) is 4.98 Å². The monoisotopic (exact) mass is 264 g/mol. The maximum Gasteiger partial charge on any atom is 0.223 e. The Bertz CT molecular complexity index is 411. The van der Waals surface area contributed by atoms with Gasteiger partial charge in [0.2, 0.25) is 5.89 Å². The summed E-state index contributed by atoms with van der Waals surface area (Å²) in [6.45, 7) is 6.06. The van der Waals surface area contributed by atoms with Crippen LogP contribution in [0.3, 0.4) is 0 Å². The SMILES string of the molecule is Cc1nc(CN2CCCNC3(CCCCC3)C2)no1. The van der Waals surface area contributed by atoms with E-state index in [1.807, 2.05) is 6.92 Å². The zero-order chi connectivity index (χ0) is 13.1. The topological polar surface area (TPSA) is 54.2 Å². The molecule has 5 heteroatoms. The molecule has 1 aliphatic carbocycles. The third-order valence-electron chi connectivity index (χ3n) is 4.42. The second kappa shape index (κ2) is 5.59. The highest BCUT2D eigenvalue weighted by Gasteiger charge is 2.35. The molecule has 2 fully saturated rings. The van der Waals surface area contributed by atoms with Crippen molar-refractivity contribution in [3.63, 3.8) is 0 Å². The second-order valence-corrected chi connectivity index (χ2v) is 6.06. The van der Waals surface area contributed by atoms with E-state index >= 15 is 0 Å². The van der Waals surface area contributed by atoms with Crippen LogP contribution in [0.1, 0.15) is 50.2 Å². The maximum absolute atomic E-state index is 5.07. The van der Waals surface area contributed by atoms with Gasteiger partial charge in [-0.15, -0.1) is 0 Å². The molecule has 2 aliphatic rings. The molecule has 0 atom stereocenters. The molecule has 0 radical (unpaired) electrons. The van der Waals surface area contributed by atoms with Crippen molar-refractivity contribution in [3.8, 4) is 0 Å². The fraction of sp³-hybridized carbons (Fsp3) is 0.857. The minimum Gasteiger partial charge on any atom is -0.340 e. The summed E-state index contributed by atoms with van der Waals surface area (Å²) in [5.74, 6) is 1.49. The first-order chi connectivity index (χ1) is 9.26. The van der Waals surface area contributed by atoms with Gasteiger partial charge in [0.05, 0.1) is 6.54 Å². The Morgan fingerprint density at radius 1 is 1.26 bits per heavy atom. The standard InChI is InChI=1S/C14H24N4O/c1-12-16-13(17-19-12)10-18-9-5-8-15-14(11-18)6-3-2-4-7-14/h15H,2-11H2,1H3. The van der Waals surface area contributed by atoms with E-state index < -0.39 is 0 Å². The van der Waals surface area contributed by atoms with E-state index in [0.29, 0.717) is 11.4 Å². The van der Waals surface area contributed by atoms with Gasteiger partial charge >= 0.3 is 0 Å². The summed E-state index contributed by atoms with van der Waals surface area (Å²) in [6, 6.07) is 0. The molecule has 0 bridgehead atoms. The largest absolute Gasteiger partial charge is 0.340 e. The van der Waals surface area contributed by atoms with Gasteiger partial charge in [0.15, 0.2) is 5.82 Å². The highest BCUT2D eigenvalue weighted by atomic mass is 16.5. The van der Waals surface area contributed by atoms with Crippen molar-refractivity contribution >= 4 is 0 Å². The van der Waals surface area contributed by atoms with Crippen molar-refractivity contribution in [1.82, 2.24) is 20.4 Å². The minimum atomic E-state index is 0.341. The van der Waals surface area contributed by atoms with E-state index in [1.54, 1.807) is 0 Å². The van der Waals surface area contributed by atoms with Crippen LogP contribution in [0.2, 0.25) is 0 Å². The number of rotatable bonds is 2. The molecule has 1 aromatic heterocycles. The molecule has 106 valence electrons. The smallest absolute Gasteiger partial charge is 0.223 e. The third-order valence-corrected chi connectivity index (χ3v) is 4.42. The summed E-state index contributed by atoms with van der Waals surface area (Å²) in [5.41, 5.74) is 0.341. The average molecular weight is 264 g/mol. The molecule has 1 N–H and O–H groups in total. The normalized spacial score (nSPS) is 24.5. The lowest BCUT2D eigenvalue weighted by Gasteiger charge is -2.39. The van der Waals surface area contributed by atoms with Gasteiger partial charge in [0.1, 0.15) is 0 Å². The van der Waals surface area contributed by atoms with E-state index in [-0.39, 0.29) is 0 Å². The molecule has 1 aliphatic heterocycles. The minimum absolute atomic E-state index is 0.341. The molecule has 1 saturated heterocycles.